The number of esters is 1. The number of unbranched alkanes of at least 4 members (excludes halogenated alkanes) is 1. The Morgan fingerprint density at radius 1 is 1.22 bits per heavy atom. The predicted molar refractivity (Wildman–Crippen MR) is 93.2 cm³/mol. The van der Waals surface area contributed by atoms with Crippen LogP contribution in [0.1, 0.15) is 38.7 Å². The van der Waals surface area contributed by atoms with Gasteiger partial charge in [-0.05, 0) is 25.5 Å². The van der Waals surface area contributed by atoms with Crippen LogP contribution in [0.15, 0.2) is 30.3 Å². The molecule has 0 saturated carbocycles. The molecule has 0 aliphatic carbocycles. The number of hydrogen-bond acceptors (Lipinski definition) is 4. The van der Waals surface area contributed by atoms with E-state index in [1.54, 1.807) is 0 Å². The summed E-state index contributed by atoms with van der Waals surface area (Å²) in [5, 5.41) is 0. The Morgan fingerprint density at radius 2 is 2.00 bits per heavy atom. The lowest BCUT2D eigenvalue weighted by Crippen LogP contribution is -2.53. The number of carbonyl (C=O) groups is 1. The van der Waals surface area contributed by atoms with Crippen molar-refractivity contribution < 1.29 is 9.53 Å². The molecule has 0 bridgehead atoms. The van der Waals surface area contributed by atoms with Crippen molar-refractivity contribution in [3.05, 3.63) is 35.9 Å². The lowest BCUT2D eigenvalue weighted by Gasteiger charge is -2.41. The molecule has 1 aliphatic heterocycles. The second kappa shape index (κ2) is 9.68. The smallest absolute Gasteiger partial charge is 0.307 e. The Labute approximate surface area is 140 Å². The average Bonchev–Trinajstić information content (AvgIpc) is 2.55. The average molecular weight is 318 g/mol. The first-order chi connectivity index (χ1) is 11.2. The van der Waals surface area contributed by atoms with E-state index in [-0.39, 0.29) is 12.0 Å². The third-order valence-electron chi connectivity index (χ3n) is 4.44. The third-order valence-corrected chi connectivity index (χ3v) is 4.44. The maximum Gasteiger partial charge on any atom is 0.307 e. The normalized spacial score (nSPS) is 19.7. The van der Waals surface area contributed by atoms with Gasteiger partial charge in [0.2, 0.25) is 0 Å². The Kier molecular flexibility index (Phi) is 7.56. The van der Waals surface area contributed by atoms with Gasteiger partial charge in [-0.3, -0.25) is 14.6 Å². The summed E-state index contributed by atoms with van der Waals surface area (Å²) in [6.07, 6.45) is 2.89. The minimum absolute atomic E-state index is 0.0689. The summed E-state index contributed by atoms with van der Waals surface area (Å²) in [6.45, 7) is 9.64. The molecule has 0 aromatic heterocycles. The molecule has 1 saturated heterocycles. The van der Waals surface area contributed by atoms with Gasteiger partial charge in [0, 0.05) is 32.2 Å². The van der Waals surface area contributed by atoms with Crippen LogP contribution in [0.2, 0.25) is 0 Å². The van der Waals surface area contributed by atoms with Crippen LogP contribution < -0.4 is 0 Å². The molecule has 0 spiro atoms. The molecule has 1 aromatic rings. The van der Waals surface area contributed by atoms with Crippen LogP contribution in [0.5, 0.6) is 0 Å². The minimum atomic E-state index is -0.0689. The maximum atomic E-state index is 11.9. The van der Waals surface area contributed by atoms with Crippen LogP contribution in [-0.2, 0) is 16.1 Å². The lowest BCUT2D eigenvalue weighted by atomic mass is 10.1. The highest BCUT2D eigenvalue weighted by molar-refractivity contribution is 5.70. The number of benzene rings is 1. The number of carbonyl (C=O) groups excluding carboxylic acids is 1. The lowest BCUT2D eigenvalue weighted by molar-refractivity contribution is -0.145. The molecule has 1 aromatic carbocycles. The molecule has 1 atom stereocenters. The predicted octanol–water partition coefficient (Wildman–Crippen LogP) is 2.93. The van der Waals surface area contributed by atoms with Crippen molar-refractivity contribution in [3.63, 3.8) is 0 Å². The highest BCUT2D eigenvalue weighted by Gasteiger charge is 2.28. The summed E-state index contributed by atoms with van der Waals surface area (Å²) in [5.74, 6) is -0.0689. The van der Waals surface area contributed by atoms with E-state index in [1.807, 2.05) is 6.92 Å². The Hall–Kier alpha value is -1.39. The summed E-state index contributed by atoms with van der Waals surface area (Å²) in [4.78, 5) is 16.9. The molecule has 4 nitrogen and oxygen atoms in total. The molecule has 4 heteroatoms. The van der Waals surface area contributed by atoms with Gasteiger partial charge in [-0.1, -0.05) is 43.7 Å². The molecule has 1 heterocycles. The van der Waals surface area contributed by atoms with Crippen LogP contribution in [-0.4, -0.2) is 54.6 Å². The van der Waals surface area contributed by atoms with Gasteiger partial charge < -0.3 is 4.74 Å². The summed E-state index contributed by atoms with van der Waals surface area (Å²) in [7, 11) is 0. The minimum Gasteiger partial charge on any atom is -0.466 e. The summed E-state index contributed by atoms with van der Waals surface area (Å²) >= 11 is 0. The molecular weight excluding hydrogens is 288 g/mol. The number of piperazine rings is 1. The van der Waals surface area contributed by atoms with Gasteiger partial charge in [0.25, 0.3) is 0 Å². The Morgan fingerprint density at radius 3 is 2.70 bits per heavy atom. The van der Waals surface area contributed by atoms with Gasteiger partial charge >= 0.3 is 5.97 Å². The summed E-state index contributed by atoms with van der Waals surface area (Å²) in [6, 6.07) is 10.8. The fourth-order valence-electron chi connectivity index (χ4n) is 3.20. The van der Waals surface area contributed by atoms with Gasteiger partial charge in [-0.15, -0.1) is 0 Å². The van der Waals surface area contributed by atoms with Crippen LogP contribution in [0.3, 0.4) is 0 Å². The van der Waals surface area contributed by atoms with Crippen LogP contribution in [0.4, 0.5) is 0 Å². The highest BCUT2D eigenvalue weighted by Crippen LogP contribution is 2.17. The van der Waals surface area contributed by atoms with Gasteiger partial charge in [0.1, 0.15) is 0 Å². The number of rotatable bonds is 8. The highest BCUT2D eigenvalue weighted by atomic mass is 16.5. The van der Waals surface area contributed by atoms with E-state index in [4.69, 9.17) is 4.74 Å². The van der Waals surface area contributed by atoms with Crippen molar-refractivity contribution in [2.45, 2.75) is 45.7 Å². The maximum absolute atomic E-state index is 11.9. The van der Waals surface area contributed by atoms with Crippen molar-refractivity contribution in [3.8, 4) is 0 Å². The van der Waals surface area contributed by atoms with Gasteiger partial charge in [-0.25, -0.2) is 0 Å². The zero-order valence-electron chi connectivity index (χ0n) is 14.5. The van der Waals surface area contributed by atoms with Crippen LogP contribution in [0, 0.1) is 0 Å². The second-order valence-corrected chi connectivity index (χ2v) is 6.27. The molecule has 1 unspecified atom stereocenters. The molecule has 23 heavy (non-hydrogen) atoms. The largest absolute Gasteiger partial charge is 0.466 e. The Bertz CT molecular complexity index is 464. The zero-order chi connectivity index (χ0) is 16.5. The summed E-state index contributed by atoms with van der Waals surface area (Å²) in [5.41, 5.74) is 1.34. The fourth-order valence-corrected chi connectivity index (χ4v) is 3.20. The first-order valence-electron chi connectivity index (χ1n) is 8.88. The number of nitrogens with zero attached hydrogens (tertiary/aromatic N) is 2. The first-order valence-corrected chi connectivity index (χ1v) is 8.88. The van der Waals surface area contributed by atoms with Crippen molar-refractivity contribution in [1.29, 1.82) is 0 Å². The molecule has 1 fully saturated rings. The first kappa shape index (κ1) is 18.0. The van der Waals surface area contributed by atoms with Gasteiger partial charge in [0.05, 0.1) is 13.0 Å². The summed E-state index contributed by atoms with van der Waals surface area (Å²) < 4.78 is 5.17. The topological polar surface area (TPSA) is 32.8 Å². The van der Waals surface area contributed by atoms with Crippen molar-refractivity contribution >= 4 is 5.97 Å². The van der Waals surface area contributed by atoms with E-state index in [2.05, 4.69) is 47.1 Å². The molecule has 1 aliphatic rings. The van der Waals surface area contributed by atoms with E-state index >= 15 is 0 Å². The SMILES string of the molecule is CCCCN1CCN(Cc2ccccc2)CC1CC(=O)OCC. The van der Waals surface area contributed by atoms with E-state index in [0.29, 0.717) is 13.0 Å². The third kappa shape index (κ3) is 5.96. The molecule has 0 amide bonds. The van der Waals surface area contributed by atoms with Crippen molar-refractivity contribution in [2.24, 2.45) is 0 Å². The molecule has 128 valence electrons. The van der Waals surface area contributed by atoms with E-state index in [0.717, 1.165) is 32.7 Å². The molecule has 0 radical (unpaired) electrons. The molecule has 0 N–H and O–H groups in total. The Balaban J connectivity index is 1.94. The van der Waals surface area contributed by atoms with Gasteiger partial charge in [-0.2, -0.15) is 0 Å². The van der Waals surface area contributed by atoms with Crippen LogP contribution in [0.25, 0.3) is 0 Å². The van der Waals surface area contributed by atoms with Crippen molar-refractivity contribution in [1.82, 2.24) is 9.80 Å². The monoisotopic (exact) mass is 318 g/mol. The van der Waals surface area contributed by atoms with Crippen molar-refractivity contribution in [2.75, 3.05) is 32.8 Å². The van der Waals surface area contributed by atoms with Crippen LogP contribution >= 0.6 is 0 Å². The zero-order valence-corrected chi connectivity index (χ0v) is 14.5. The second-order valence-electron chi connectivity index (χ2n) is 6.27. The fraction of sp³-hybridized carbons (Fsp3) is 0.632. The molecule has 2 rings (SSSR count). The number of hydrogen-bond donors (Lipinski definition) is 0. The quantitative estimate of drug-likeness (QED) is 0.690. The van der Waals surface area contributed by atoms with Gasteiger partial charge in [0.15, 0.2) is 0 Å². The number of ether oxygens (including phenoxy) is 1. The van der Waals surface area contributed by atoms with E-state index < -0.39 is 0 Å². The van der Waals surface area contributed by atoms with E-state index in [9.17, 15) is 4.79 Å². The van der Waals surface area contributed by atoms with E-state index in [1.165, 1.54) is 18.4 Å². The molecular formula is C19H30N2O2. The standard InChI is InChI=1S/C19H30N2O2/c1-3-5-11-21-13-12-20(15-17-9-7-6-8-10-17)16-18(21)14-19(22)23-4-2/h6-10,18H,3-5,11-16H2,1-2H3.